The molecule has 3 aromatic heterocycles. The third-order valence-electron chi connectivity index (χ3n) is 6.07. The molecular formula is C29H21N5O2. The highest BCUT2D eigenvalue weighted by molar-refractivity contribution is 5.98. The monoisotopic (exact) mass is 471 g/mol. The minimum absolute atomic E-state index is 0.245. The molecule has 7 nitrogen and oxygen atoms in total. The number of aromatic nitrogens is 4. The molecule has 3 aromatic carbocycles. The number of anilines is 1. The number of pyridine rings is 1. The average molecular weight is 472 g/mol. The van der Waals surface area contributed by atoms with Crippen LogP contribution < -0.4 is 10.9 Å². The maximum Gasteiger partial charge on any atom is 0.330 e. The largest absolute Gasteiger partial charge is 0.330 e. The van der Waals surface area contributed by atoms with E-state index < -0.39 is 0 Å². The summed E-state index contributed by atoms with van der Waals surface area (Å²) in [6.07, 6.45) is 3.78. The summed E-state index contributed by atoms with van der Waals surface area (Å²) < 4.78 is 3.12. The molecule has 0 spiro atoms. The number of nitrogens with zero attached hydrogens (tertiary/aromatic N) is 4. The van der Waals surface area contributed by atoms with Crippen LogP contribution in [0.2, 0.25) is 0 Å². The van der Waals surface area contributed by atoms with Crippen LogP contribution in [-0.4, -0.2) is 25.1 Å². The number of hydrogen-bond donors (Lipinski definition) is 1. The van der Waals surface area contributed by atoms with Crippen molar-refractivity contribution in [2.75, 3.05) is 5.32 Å². The number of nitrogens with one attached hydrogen (secondary N) is 1. The SMILES string of the molecule is O=C(Nc1cccc(-n2c(=O)c(Cc3ccccc3)nc3cccnc32)c1)n1ccc2ccccc21. The van der Waals surface area contributed by atoms with Crippen molar-refractivity contribution in [3.63, 3.8) is 0 Å². The molecule has 0 aliphatic rings. The molecule has 0 unspecified atom stereocenters. The minimum atomic E-state index is -0.289. The molecule has 0 atom stereocenters. The summed E-state index contributed by atoms with van der Waals surface area (Å²) in [5, 5.41) is 3.92. The fourth-order valence-corrected chi connectivity index (χ4v) is 4.38. The van der Waals surface area contributed by atoms with Gasteiger partial charge in [-0.3, -0.25) is 13.9 Å². The number of carbonyl (C=O) groups excluding carboxylic acids is 1. The predicted molar refractivity (Wildman–Crippen MR) is 141 cm³/mol. The van der Waals surface area contributed by atoms with Gasteiger partial charge in [0.2, 0.25) is 0 Å². The summed E-state index contributed by atoms with van der Waals surface area (Å²) in [6, 6.07) is 29.9. The van der Waals surface area contributed by atoms with Crippen molar-refractivity contribution < 1.29 is 4.79 Å². The van der Waals surface area contributed by atoms with Crippen LogP contribution in [0.15, 0.2) is 114 Å². The van der Waals surface area contributed by atoms with Crippen LogP contribution in [-0.2, 0) is 6.42 Å². The Kier molecular flexibility index (Phi) is 5.35. The van der Waals surface area contributed by atoms with E-state index in [-0.39, 0.29) is 11.6 Å². The summed E-state index contributed by atoms with van der Waals surface area (Å²) in [5.41, 5.74) is 4.23. The summed E-state index contributed by atoms with van der Waals surface area (Å²) in [4.78, 5) is 35.7. The Morgan fingerprint density at radius 1 is 0.861 bits per heavy atom. The Hall–Kier alpha value is -5.04. The first-order valence-electron chi connectivity index (χ1n) is 11.6. The standard InChI is InChI=1S/C29H21N5O2/c35-28-25(18-20-8-2-1-3-9-20)32-24-13-7-16-30-27(24)34(28)23-12-6-11-22(19-23)31-29(36)33-17-15-21-10-4-5-14-26(21)33/h1-17,19H,18H2,(H,31,36). The van der Waals surface area contributed by atoms with Crippen molar-refractivity contribution >= 4 is 33.8 Å². The van der Waals surface area contributed by atoms with Crippen molar-refractivity contribution in [3.05, 3.63) is 131 Å². The average Bonchev–Trinajstić information content (AvgIpc) is 3.34. The fourth-order valence-electron chi connectivity index (χ4n) is 4.38. The van der Waals surface area contributed by atoms with Crippen molar-refractivity contribution in [1.29, 1.82) is 0 Å². The van der Waals surface area contributed by atoms with Crippen LogP contribution in [0.5, 0.6) is 0 Å². The highest BCUT2D eigenvalue weighted by Crippen LogP contribution is 2.20. The first-order chi connectivity index (χ1) is 17.7. The zero-order chi connectivity index (χ0) is 24.5. The van der Waals surface area contributed by atoms with Crippen LogP contribution in [0, 0.1) is 0 Å². The van der Waals surface area contributed by atoms with Crippen LogP contribution in [0.25, 0.3) is 27.8 Å². The zero-order valence-corrected chi connectivity index (χ0v) is 19.2. The van der Waals surface area contributed by atoms with Crippen molar-refractivity contribution in [1.82, 2.24) is 19.1 Å². The van der Waals surface area contributed by atoms with Gasteiger partial charge in [-0.05, 0) is 48.0 Å². The van der Waals surface area contributed by atoms with Gasteiger partial charge < -0.3 is 5.32 Å². The van der Waals surface area contributed by atoms with Crippen LogP contribution in [0.1, 0.15) is 11.3 Å². The maximum absolute atomic E-state index is 13.6. The van der Waals surface area contributed by atoms with E-state index in [4.69, 9.17) is 0 Å². The van der Waals surface area contributed by atoms with Crippen molar-refractivity contribution in [3.8, 4) is 5.69 Å². The second-order valence-corrected chi connectivity index (χ2v) is 8.43. The molecule has 6 rings (SSSR count). The predicted octanol–water partition coefficient (Wildman–Crippen LogP) is 5.41. The molecule has 0 radical (unpaired) electrons. The first-order valence-corrected chi connectivity index (χ1v) is 11.6. The lowest BCUT2D eigenvalue weighted by molar-refractivity contribution is 0.254. The van der Waals surface area contributed by atoms with E-state index in [2.05, 4.69) is 15.3 Å². The van der Waals surface area contributed by atoms with E-state index in [1.165, 1.54) is 0 Å². The normalized spacial score (nSPS) is 11.1. The lowest BCUT2D eigenvalue weighted by Crippen LogP contribution is -2.25. The molecule has 0 aliphatic carbocycles. The topological polar surface area (TPSA) is 81.8 Å². The quantitative estimate of drug-likeness (QED) is 0.373. The Bertz CT molecular complexity index is 1790. The fraction of sp³-hybridized carbons (Fsp3) is 0.0345. The van der Waals surface area contributed by atoms with Gasteiger partial charge in [0.1, 0.15) is 11.2 Å². The minimum Gasteiger partial charge on any atom is -0.307 e. The third-order valence-corrected chi connectivity index (χ3v) is 6.07. The van der Waals surface area contributed by atoms with Gasteiger partial charge in [0.05, 0.1) is 11.2 Å². The first kappa shape index (κ1) is 21.5. The number of para-hydroxylation sites is 1. The summed E-state index contributed by atoms with van der Waals surface area (Å²) in [7, 11) is 0. The van der Waals surface area contributed by atoms with Gasteiger partial charge in [0.25, 0.3) is 5.56 Å². The number of hydrogen-bond acceptors (Lipinski definition) is 4. The molecule has 0 aliphatic heterocycles. The number of fused-ring (bicyclic) bond motifs is 2. The highest BCUT2D eigenvalue weighted by atomic mass is 16.2. The van der Waals surface area contributed by atoms with Crippen LogP contribution >= 0.6 is 0 Å². The van der Waals surface area contributed by atoms with Gasteiger partial charge in [0.15, 0.2) is 5.65 Å². The molecule has 1 N–H and O–H groups in total. The molecule has 0 fully saturated rings. The van der Waals surface area contributed by atoms with Gasteiger partial charge in [-0.25, -0.2) is 14.8 Å². The Balaban J connectivity index is 1.41. The molecule has 0 saturated heterocycles. The number of benzene rings is 3. The van der Waals surface area contributed by atoms with Gasteiger partial charge in [-0.2, -0.15) is 0 Å². The molecular weight excluding hydrogens is 450 g/mol. The molecule has 0 saturated carbocycles. The molecule has 3 heterocycles. The summed E-state index contributed by atoms with van der Waals surface area (Å²) >= 11 is 0. The van der Waals surface area contributed by atoms with E-state index in [0.29, 0.717) is 34.7 Å². The lowest BCUT2D eigenvalue weighted by atomic mass is 10.1. The van der Waals surface area contributed by atoms with Gasteiger partial charge in [-0.1, -0.05) is 54.6 Å². The maximum atomic E-state index is 13.6. The smallest absolute Gasteiger partial charge is 0.307 e. The van der Waals surface area contributed by atoms with Crippen LogP contribution in [0.4, 0.5) is 10.5 Å². The zero-order valence-electron chi connectivity index (χ0n) is 19.2. The lowest BCUT2D eigenvalue weighted by Gasteiger charge is -2.13. The van der Waals surface area contributed by atoms with E-state index in [1.807, 2.05) is 72.8 Å². The van der Waals surface area contributed by atoms with Crippen molar-refractivity contribution in [2.45, 2.75) is 6.42 Å². The molecule has 0 bridgehead atoms. The summed E-state index contributed by atoms with van der Waals surface area (Å²) in [6.45, 7) is 0. The molecule has 6 aromatic rings. The van der Waals surface area contributed by atoms with E-state index in [9.17, 15) is 9.59 Å². The highest BCUT2D eigenvalue weighted by Gasteiger charge is 2.15. The second kappa shape index (κ2) is 8.96. The molecule has 7 heteroatoms. The van der Waals surface area contributed by atoms with E-state index in [1.54, 1.807) is 45.8 Å². The number of rotatable bonds is 4. The molecule has 1 amide bonds. The molecule has 174 valence electrons. The number of carbonyl (C=O) groups is 1. The van der Waals surface area contributed by atoms with E-state index in [0.717, 1.165) is 16.5 Å². The molecule has 36 heavy (non-hydrogen) atoms. The Labute approximate surface area is 206 Å². The summed E-state index contributed by atoms with van der Waals surface area (Å²) in [5.74, 6) is 0. The van der Waals surface area contributed by atoms with Crippen molar-refractivity contribution in [2.24, 2.45) is 0 Å². The van der Waals surface area contributed by atoms with E-state index >= 15 is 0 Å². The van der Waals surface area contributed by atoms with Gasteiger partial charge >= 0.3 is 6.03 Å². The number of amides is 1. The van der Waals surface area contributed by atoms with Gasteiger partial charge in [0, 0.05) is 29.9 Å². The van der Waals surface area contributed by atoms with Gasteiger partial charge in [-0.15, -0.1) is 0 Å². The Morgan fingerprint density at radius 3 is 2.58 bits per heavy atom. The second-order valence-electron chi connectivity index (χ2n) is 8.43. The third kappa shape index (κ3) is 3.92. The van der Waals surface area contributed by atoms with Crippen LogP contribution in [0.3, 0.4) is 0 Å². The Morgan fingerprint density at radius 2 is 1.69 bits per heavy atom.